The van der Waals surface area contributed by atoms with Crippen LogP contribution in [0.1, 0.15) is 24.6 Å². The number of thioether (sulfide) groups is 1. The van der Waals surface area contributed by atoms with Gasteiger partial charge in [-0.1, -0.05) is 36.1 Å². The zero-order chi connectivity index (χ0) is 35.7. The quantitative estimate of drug-likeness (QED) is 0.108. The smallest absolute Gasteiger partial charge is 0.511 e. The van der Waals surface area contributed by atoms with Gasteiger partial charge in [0.15, 0.2) is 17.3 Å². The van der Waals surface area contributed by atoms with Gasteiger partial charge in [0.2, 0.25) is 12.5 Å². The van der Waals surface area contributed by atoms with E-state index in [0.717, 1.165) is 33.4 Å². The van der Waals surface area contributed by atoms with Crippen molar-refractivity contribution >= 4 is 41.3 Å². The zero-order valence-corrected chi connectivity index (χ0v) is 26.9. The summed E-state index contributed by atoms with van der Waals surface area (Å²) in [4.78, 5) is 22.7. The van der Waals surface area contributed by atoms with Gasteiger partial charge in [0.05, 0.1) is 6.54 Å². The molecule has 264 valence electrons. The van der Waals surface area contributed by atoms with Crippen molar-refractivity contribution in [3.05, 3.63) is 70.2 Å². The average Bonchev–Trinajstić information content (AvgIpc) is 3.23. The van der Waals surface area contributed by atoms with Crippen molar-refractivity contribution < 1.29 is 64.7 Å². The van der Waals surface area contributed by atoms with Gasteiger partial charge < -0.3 is 34.6 Å². The van der Waals surface area contributed by atoms with E-state index in [1.54, 1.807) is 17.8 Å². The normalized spacial score (nSPS) is 19.5. The highest BCUT2D eigenvalue weighted by Crippen LogP contribution is 2.48. The number of hydrogen-bond acceptors (Lipinski definition) is 10. The third-order valence-electron chi connectivity index (χ3n) is 7.87. The highest BCUT2D eigenvalue weighted by Gasteiger charge is 2.47. The van der Waals surface area contributed by atoms with Crippen LogP contribution in [-0.2, 0) is 25.6 Å². The van der Waals surface area contributed by atoms with Crippen LogP contribution in [0.3, 0.4) is 0 Å². The van der Waals surface area contributed by atoms with Gasteiger partial charge in [-0.15, -0.1) is 23.4 Å². The van der Waals surface area contributed by atoms with Crippen LogP contribution in [0.2, 0.25) is 0 Å². The van der Waals surface area contributed by atoms with Gasteiger partial charge >= 0.3 is 24.4 Å². The number of nitrogens with one attached hydrogen (secondary N) is 1. The monoisotopic (exact) mass is 735 g/mol. The lowest BCUT2D eigenvalue weighted by atomic mass is 9.80. The molecule has 0 bridgehead atoms. The number of aromatic nitrogens is 1. The number of alkyl halides is 7. The highest BCUT2D eigenvalue weighted by molar-refractivity contribution is 7.99. The van der Waals surface area contributed by atoms with Gasteiger partial charge in [-0.3, -0.25) is 4.79 Å². The van der Waals surface area contributed by atoms with E-state index in [2.05, 4.69) is 14.6 Å². The summed E-state index contributed by atoms with van der Waals surface area (Å²) >= 11 is 8.98. The molecule has 1 aromatic heterocycles. The van der Waals surface area contributed by atoms with Crippen LogP contribution in [0.25, 0.3) is 5.88 Å². The highest BCUT2D eigenvalue weighted by atomic mass is 35.5. The van der Waals surface area contributed by atoms with Crippen molar-refractivity contribution in [2.75, 3.05) is 32.4 Å². The van der Waals surface area contributed by atoms with Gasteiger partial charge in [-0.25, -0.2) is 4.79 Å². The molecule has 0 fully saturated rings. The van der Waals surface area contributed by atoms with Crippen LogP contribution in [0, 0.1) is 0 Å². The van der Waals surface area contributed by atoms with E-state index in [9.17, 15) is 46.1 Å². The molecule has 0 saturated carbocycles. The van der Waals surface area contributed by atoms with Crippen LogP contribution in [0.5, 0.6) is 11.5 Å². The van der Waals surface area contributed by atoms with E-state index in [0.29, 0.717) is 22.6 Å². The fraction of sp³-hybridized carbons (Fsp3) is 0.400. The Morgan fingerprint density at radius 2 is 1.92 bits per heavy atom. The summed E-state index contributed by atoms with van der Waals surface area (Å²) in [5, 5.41) is 32.3. The van der Waals surface area contributed by atoms with Crippen LogP contribution >= 0.6 is 23.4 Å². The minimum atomic E-state index is -5.15. The van der Waals surface area contributed by atoms with E-state index >= 15 is 0 Å². The SMILES string of the molecule is C[C@@H](N1CN=[n+]2c(C3(Cl)CC=CC4=C3Cc3ccccc3SC4)cc([O-])c(OCOC(=O)OCCNC(=O)C(F)(F)F)c2=C1[O-])C(F)(F)F. The molecule has 0 radical (unpaired) electrons. The summed E-state index contributed by atoms with van der Waals surface area (Å²) in [6, 6.07) is 6.40. The minimum Gasteiger partial charge on any atom is -0.870 e. The Labute approximate surface area is 283 Å². The second kappa shape index (κ2) is 13.9. The summed E-state index contributed by atoms with van der Waals surface area (Å²) in [7, 11) is 0. The maximum atomic E-state index is 13.7. The maximum absolute atomic E-state index is 13.7. The molecule has 3 heterocycles. The second-order valence-electron chi connectivity index (χ2n) is 10.9. The number of carbonyl (C=O) groups is 2. The molecule has 3 aliphatic rings. The number of benzene rings is 1. The number of halogens is 7. The maximum Gasteiger partial charge on any atom is 0.511 e. The summed E-state index contributed by atoms with van der Waals surface area (Å²) in [6.07, 6.45) is -7.28. The van der Waals surface area contributed by atoms with Crippen LogP contribution < -0.4 is 30.0 Å². The third-order valence-corrected chi connectivity index (χ3v) is 9.61. The van der Waals surface area contributed by atoms with Crippen molar-refractivity contribution in [1.82, 2.24) is 10.2 Å². The lowest BCUT2D eigenvalue weighted by Crippen LogP contribution is -2.58. The lowest BCUT2D eigenvalue weighted by molar-refractivity contribution is -0.586. The zero-order valence-electron chi connectivity index (χ0n) is 25.3. The average molecular weight is 736 g/mol. The molecule has 1 aromatic carbocycles. The summed E-state index contributed by atoms with van der Waals surface area (Å²) < 4.78 is 93.5. The van der Waals surface area contributed by atoms with Crippen LogP contribution in [-0.4, -0.2) is 67.7 Å². The van der Waals surface area contributed by atoms with Crippen molar-refractivity contribution in [3.63, 3.8) is 0 Å². The fourth-order valence-electron chi connectivity index (χ4n) is 5.35. The standard InChI is InChI=1S/C30H26ClF6N4O7S/c1-16(29(32,33)34)40-14-39-41-22(28(31)8-4-6-18-13-49-21-7-3-2-5-17(21)11-19(18)28)12-20(42)24(23(41)25(40)43)47-15-48-27(45)46-10-9-38-26(44)30(35,36)37/h2-7,12,16H,8-11,13-15H2,1H3,(H,38,44)/q-1/t16-,28?/m1/s1. The Balaban J connectivity index is 1.48. The van der Waals surface area contributed by atoms with Gasteiger partial charge in [-0.05, 0) is 52.0 Å². The molecule has 11 nitrogen and oxygen atoms in total. The first kappa shape index (κ1) is 36.0. The molecule has 5 rings (SSSR count). The number of allylic oxidation sites excluding steroid dienone is 3. The molecule has 2 aliphatic heterocycles. The summed E-state index contributed by atoms with van der Waals surface area (Å²) in [5.74, 6) is -4.78. The van der Waals surface area contributed by atoms with E-state index in [-0.39, 0.29) is 12.1 Å². The number of pyridine rings is 1. The molecule has 1 N–H and O–H groups in total. The van der Waals surface area contributed by atoms with Crippen molar-refractivity contribution in [2.24, 2.45) is 5.11 Å². The number of fused-ring (bicyclic) bond motifs is 2. The molecular formula is C30H26ClF6N4O7S-. The van der Waals surface area contributed by atoms with Gasteiger partial charge in [0.1, 0.15) is 12.6 Å². The molecule has 49 heavy (non-hydrogen) atoms. The first-order chi connectivity index (χ1) is 23.0. The molecule has 1 amide bonds. The molecule has 2 aromatic rings. The Kier molecular flexibility index (Phi) is 10.2. The number of hydrogen-bond donors (Lipinski definition) is 1. The Bertz CT molecular complexity index is 1840. The van der Waals surface area contributed by atoms with Crippen LogP contribution in [0.4, 0.5) is 31.1 Å². The van der Waals surface area contributed by atoms with E-state index in [1.165, 1.54) is 5.32 Å². The first-order valence-electron chi connectivity index (χ1n) is 14.4. The largest absolute Gasteiger partial charge is 0.870 e. The van der Waals surface area contributed by atoms with E-state index in [4.69, 9.17) is 16.3 Å². The number of amides is 1. The van der Waals surface area contributed by atoms with Crippen molar-refractivity contribution in [1.29, 1.82) is 0 Å². The van der Waals surface area contributed by atoms with E-state index < -0.39 is 84.7 Å². The lowest BCUT2D eigenvalue weighted by Gasteiger charge is -2.36. The third kappa shape index (κ3) is 7.49. The molecule has 0 saturated heterocycles. The van der Waals surface area contributed by atoms with Crippen molar-refractivity contribution in [2.45, 2.75) is 47.9 Å². The van der Waals surface area contributed by atoms with Gasteiger partial charge in [-0.2, -0.15) is 26.3 Å². The minimum absolute atomic E-state index is 0.0108. The Morgan fingerprint density at radius 3 is 2.63 bits per heavy atom. The Hall–Kier alpha value is -4.32. The second-order valence-corrected chi connectivity index (χ2v) is 12.6. The summed E-state index contributed by atoms with van der Waals surface area (Å²) in [5.41, 5.74) is 2.55. The Morgan fingerprint density at radius 1 is 1.18 bits per heavy atom. The fourth-order valence-corrected chi connectivity index (χ4v) is 6.84. The first-order valence-corrected chi connectivity index (χ1v) is 15.8. The number of rotatable bonds is 8. The topological polar surface area (TPSA) is 141 Å². The van der Waals surface area contributed by atoms with E-state index in [1.807, 2.05) is 30.3 Å². The van der Waals surface area contributed by atoms with Crippen molar-refractivity contribution in [3.8, 4) is 11.5 Å². The molecule has 1 unspecified atom stereocenters. The number of nitrogens with zero attached hydrogens (tertiary/aromatic N) is 3. The van der Waals surface area contributed by atoms with Gasteiger partial charge in [0, 0.05) is 22.6 Å². The van der Waals surface area contributed by atoms with Crippen LogP contribution in [0.15, 0.2) is 63.6 Å². The molecule has 2 atom stereocenters. The molecular weight excluding hydrogens is 710 g/mol. The molecule has 19 heteroatoms. The number of carbonyl (C=O) groups excluding carboxylic acids is 2. The predicted molar refractivity (Wildman–Crippen MR) is 155 cm³/mol. The molecule has 1 aliphatic carbocycles. The molecule has 0 spiro atoms. The number of ether oxygens (including phenoxy) is 3. The predicted octanol–water partition coefficient (Wildman–Crippen LogP) is 2.94. The summed E-state index contributed by atoms with van der Waals surface area (Å²) in [6.45, 7) is -2.55. The van der Waals surface area contributed by atoms with Gasteiger partial charge in [0.25, 0.3) is 5.35 Å².